The van der Waals surface area contributed by atoms with Gasteiger partial charge in [0.1, 0.15) is 0 Å². The Morgan fingerprint density at radius 3 is 2.79 bits per heavy atom. The first-order valence-electron chi connectivity index (χ1n) is 6.52. The summed E-state index contributed by atoms with van der Waals surface area (Å²) in [5, 5.41) is 6.95. The van der Waals surface area contributed by atoms with Crippen molar-refractivity contribution in [3.63, 3.8) is 0 Å². The highest BCUT2D eigenvalue weighted by molar-refractivity contribution is 5.80. The van der Waals surface area contributed by atoms with Crippen molar-refractivity contribution in [1.82, 2.24) is 15.1 Å². The Hall–Kier alpha value is -1.56. The molecule has 19 heavy (non-hydrogen) atoms. The van der Waals surface area contributed by atoms with Crippen LogP contribution in [-0.2, 0) is 9.53 Å². The van der Waals surface area contributed by atoms with Gasteiger partial charge in [-0.1, -0.05) is 0 Å². The van der Waals surface area contributed by atoms with E-state index in [4.69, 9.17) is 9.47 Å². The topological polar surface area (TPSA) is 65.4 Å². The van der Waals surface area contributed by atoms with E-state index in [1.807, 2.05) is 13.8 Å². The normalized spacial score (nSPS) is 12.5. The molecule has 0 aromatic carbocycles. The number of methoxy groups -OCH3 is 1. The number of amides is 1. The monoisotopic (exact) mass is 269 g/mol. The van der Waals surface area contributed by atoms with Crippen LogP contribution in [0.2, 0.25) is 0 Å². The zero-order valence-corrected chi connectivity index (χ0v) is 12.0. The van der Waals surface area contributed by atoms with Gasteiger partial charge < -0.3 is 14.8 Å². The van der Waals surface area contributed by atoms with Gasteiger partial charge in [-0.15, -0.1) is 0 Å². The van der Waals surface area contributed by atoms with E-state index in [-0.39, 0.29) is 11.9 Å². The fourth-order valence-corrected chi connectivity index (χ4v) is 1.49. The molecule has 0 saturated heterocycles. The van der Waals surface area contributed by atoms with Crippen LogP contribution in [-0.4, -0.2) is 42.1 Å². The summed E-state index contributed by atoms with van der Waals surface area (Å²) in [5.41, 5.74) is 0. The lowest BCUT2D eigenvalue weighted by Gasteiger charge is -2.13. The molecule has 6 nitrogen and oxygen atoms in total. The summed E-state index contributed by atoms with van der Waals surface area (Å²) < 4.78 is 12.2. The van der Waals surface area contributed by atoms with Gasteiger partial charge in [0.2, 0.25) is 0 Å². The molecular formula is C13H23N3O3. The molecule has 0 bridgehead atoms. The van der Waals surface area contributed by atoms with Gasteiger partial charge in [-0.2, -0.15) is 5.10 Å². The average Bonchev–Trinajstić information content (AvgIpc) is 2.83. The summed E-state index contributed by atoms with van der Waals surface area (Å²) in [6, 6.07) is 0.274. The highest BCUT2D eigenvalue weighted by Gasteiger charge is 2.15. The Morgan fingerprint density at radius 1 is 1.47 bits per heavy atom. The first-order valence-corrected chi connectivity index (χ1v) is 6.52. The largest absolute Gasteiger partial charge is 0.478 e. The van der Waals surface area contributed by atoms with Crippen LogP contribution in [0.15, 0.2) is 12.4 Å². The minimum absolute atomic E-state index is 0.131. The molecule has 1 unspecified atom stereocenters. The second-order valence-electron chi connectivity index (χ2n) is 4.65. The van der Waals surface area contributed by atoms with E-state index in [1.165, 1.54) is 0 Å². The van der Waals surface area contributed by atoms with Gasteiger partial charge in [0.05, 0.1) is 12.4 Å². The number of ether oxygens (including phenoxy) is 2. The molecule has 0 aliphatic carbocycles. The Morgan fingerprint density at radius 2 is 2.21 bits per heavy atom. The van der Waals surface area contributed by atoms with Gasteiger partial charge in [0.25, 0.3) is 5.91 Å². The van der Waals surface area contributed by atoms with Crippen molar-refractivity contribution in [3.8, 4) is 5.75 Å². The molecule has 0 spiro atoms. The maximum atomic E-state index is 11.7. The second kappa shape index (κ2) is 7.78. The first-order chi connectivity index (χ1) is 9.04. The Kier molecular flexibility index (Phi) is 6.35. The number of carbonyl (C=O) groups is 1. The fraction of sp³-hybridized carbons (Fsp3) is 0.692. The van der Waals surface area contributed by atoms with Crippen LogP contribution in [0, 0.1) is 0 Å². The molecule has 1 N–H and O–H groups in total. The van der Waals surface area contributed by atoms with Crippen molar-refractivity contribution >= 4 is 5.91 Å². The molecule has 0 saturated carbocycles. The number of nitrogens with zero attached hydrogens (tertiary/aromatic N) is 2. The van der Waals surface area contributed by atoms with Gasteiger partial charge in [-0.25, -0.2) is 0 Å². The number of carbonyl (C=O) groups excluding carboxylic acids is 1. The predicted molar refractivity (Wildman–Crippen MR) is 72.2 cm³/mol. The third kappa shape index (κ3) is 5.30. The zero-order valence-electron chi connectivity index (χ0n) is 12.0. The Bertz CT molecular complexity index is 390. The number of nitrogens with one attached hydrogen (secondary N) is 1. The predicted octanol–water partition coefficient (Wildman–Crippen LogP) is 1.38. The summed E-state index contributed by atoms with van der Waals surface area (Å²) >= 11 is 0. The van der Waals surface area contributed by atoms with Gasteiger partial charge in [-0.3, -0.25) is 9.48 Å². The minimum Gasteiger partial charge on any atom is -0.478 e. The summed E-state index contributed by atoms with van der Waals surface area (Å²) in [7, 11) is 1.64. The van der Waals surface area contributed by atoms with E-state index < -0.39 is 6.10 Å². The number of rotatable bonds is 8. The summed E-state index contributed by atoms with van der Waals surface area (Å²) in [5.74, 6) is 0.474. The van der Waals surface area contributed by atoms with Crippen molar-refractivity contribution in [3.05, 3.63) is 12.4 Å². The van der Waals surface area contributed by atoms with Crippen LogP contribution in [0.4, 0.5) is 0 Å². The van der Waals surface area contributed by atoms with Crippen molar-refractivity contribution < 1.29 is 14.3 Å². The highest BCUT2D eigenvalue weighted by atomic mass is 16.5. The van der Waals surface area contributed by atoms with E-state index in [1.54, 1.807) is 31.1 Å². The number of aromatic nitrogens is 2. The molecule has 0 aliphatic rings. The van der Waals surface area contributed by atoms with E-state index in [0.717, 1.165) is 6.42 Å². The highest BCUT2D eigenvalue weighted by Crippen LogP contribution is 2.13. The molecule has 1 rings (SSSR count). The molecule has 6 heteroatoms. The van der Waals surface area contributed by atoms with Gasteiger partial charge in [0, 0.05) is 26.3 Å². The molecule has 1 heterocycles. The first kappa shape index (κ1) is 15.5. The third-order valence-corrected chi connectivity index (χ3v) is 2.61. The summed E-state index contributed by atoms with van der Waals surface area (Å²) in [4.78, 5) is 11.7. The van der Waals surface area contributed by atoms with E-state index in [0.29, 0.717) is 18.9 Å². The van der Waals surface area contributed by atoms with Crippen LogP contribution in [0.1, 0.15) is 33.2 Å². The van der Waals surface area contributed by atoms with Crippen LogP contribution in [0.3, 0.4) is 0 Å². The lowest BCUT2D eigenvalue weighted by molar-refractivity contribution is -0.127. The van der Waals surface area contributed by atoms with E-state index in [9.17, 15) is 4.79 Å². The lowest BCUT2D eigenvalue weighted by atomic mass is 10.3. The van der Waals surface area contributed by atoms with Gasteiger partial charge in [-0.05, 0) is 27.2 Å². The lowest BCUT2D eigenvalue weighted by Crippen LogP contribution is -2.37. The second-order valence-corrected chi connectivity index (χ2v) is 4.65. The van der Waals surface area contributed by atoms with Crippen molar-refractivity contribution in [2.75, 3.05) is 20.3 Å². The maximum absolute atomic E-state index is 11.7. The van der Waals surface area contributed by atoms with Gasteiger partial charge >= 0.3 is 0 Å². The molecule has 0 radical (unpaired) electrons. The van der Waals surface area contributed by atoms with Crippen LogP contribution in [0.5, 0.6) is 5.75 Å². The van der Waals surface area contributed by atoms with Crippen molar-refractivity contribution in [2.24, 2.45) is 0 Å². The Labute approximate surface area is 114 Å². The molecule has 108 valence electrons. The van der Waals surface area contributed by atoms with Crippen LogP contribution >= 0.6 is 0 Å². The molecule has 1 aromatic heterocycles. The summed E-state index contributed by atoms with van der Waals surface area (Å²) in [6.45, 7) is 7.01. The quantitative estimate of drug-likeness (QED) is 0.724. The number of hydrogen-bond donors (Lipinski definition) is 1. The third-order valence-electron chi connectivity index (χ3n) is 2.61. The SMILES string of the molecule is COCCCNC(=O)C(C)Oc1cnn(C(C)C)c1. The molecule has 1 atom stereocenters. The standard InChI is InChI=1S/C13H23N3O3/c1-10(2)16-9-12(8-15-16)19-11(3)13(17)14-6-5-7-18-4/h8-11H,5-7H2,1-4H3,(H,14,17). The smallest absolute Gasteiger partial charge is 0.260 e. The summed E-state index contributed by atoms with van der Waals surface area (Å²) in [6.07, 6.45) is 3.67. The Balaban J connectivity index is 2.36. The molecule has 0 aliphatic heterocycles. The molecule has 1 amide bonds. The molecular weight excluding hydrogens is 246 g/mol. The van der Waals surface area contributed by atoms with E-state index in [2.05, 4.69) is 10.4 Å². The van der Waals surface area contributed by atoms with E-state index >= 15 is 0 Å². The van der Waals surface area contributed by atoms with Gasteiger partial charge in [0.15, 0.2) is 11.9 Å². The number of hydrogen-bond acceptors (Lipinski definition) is 4. The van der Waals surface area contributed by atoms with Crippen LogP contribution < -0.4 is 10.1 Å². The van der Waals surface area contributed by atoms with Crippen molar-refractivity contribution in [2.45, 2.75) is 39.3 Å². The maximum Gasteiger partial charge on any atom is 0.260 e. The fourth-order valence-electron chi connectivity index (χ4n) is 1.49. The zero-order chi connectivity index (χ0) is 14.3. The van der Waals surface area contributed by atoms with Crippen LogP contribution in [0.25, 0.3) is 0 Å². The molecule has 1 aromatic rings. The molecule has 0 fully saturated rings. The van der Waals surface area contributed by atoms with Crippen molar-refractivity contribution in [1.29, 1.82) is 0 Å². The average molecular weight is 269 g/mol. The minimum atomic E-state index is -0.535.